The molecule has 8 heteroatoms. The summed E-state index contributed by atoms with van der Waals surface area (Å²) in [5.41, 5.74) is 1.69. The van der Waals surface area contributed by atoms with Gasteiger partial charge in [0, 0.05) is 32.0 Å². The van der Waals surface area contributed by atoms with Gasteiger partial charge >= 0.3 is 0 Å². The van der Waals surface area contributed by atoms with Gasteiger partial charge in [0.15, 0.2) is 0 Å². The molecule has 0 aliphatic carbocycles. The lowest BCUT2D eigenvalue weighted by Gasteiger charge is -2.22. The highest BCUT2D eigenvalue weighted by Gasteiger charge is 2.17. The molecule has 1 unspecified atom stereocenters. The van der Waals surface area contributed by atoms with Crippen LogP contribution in [-0.2, 0) is 17.9 Å². The molecule has 1 fully saturated rings. The monoisotopic (exact) mass is 382 g/mol. The highest BCUT2D eigenvalue weighted by atomic mass is 35.5. The van der Waals surface area contributed by atoms with Gasteiger partial charge in [0.2, 0.25) is 0 Å². The van der Waals surface area contributed by atoms with E-state index in [9.17, 15) is 9.18 Å². The van der Waals surface area contributed by atoms with Crippen molar-refractivity contribution in [1.29, 1.82) is 0 Å². The second-order valence-corrected chi connectivity index (χ2v) is 6.22. The van der Waals surface area contributed by atoms with Crippen LogP contribution >= 0.6 is 12.4 Å². The topological polar surface area (TPSA) is 68.2 Å². The van der Waals surface area contributed by atoms with E-state index in [1.165, 1.54) is 13.2 Å². The quantitative estimate of drug-likeness (QED) is 0.805. The fourth-order valence-electron chi connectivity index (χ4n) is 3.00. The summed E-state index contributed by atoms with van der Waals surface area (Å²) < 4.78 is 20.4. The Hall–Kier alpha value is -1.96. The Balaban J connectivity index is 0.00000243. The number of amides is 1. The third-order valence-electron chi connectivity index (χ3n) is 4.35. The van der Waals surface area contributed by atoms with Crippen molar-refractivity contribution in [2.45, 2.75) is 32.0 Å². The number of aromatic nitrogens is 2. The van der Waals surface area contributed by atoms with Gasteiger partial charge in [0.1, 0.15) is 11.5 Å². The number of piperidine rings is 1. The zero-order valence-corrected chi connectivity index (χ0v) is 15.5. The molecule has 1 amide bonds. The number of hydrogen-bond donors (Lipinski definition) is 2. The van der Waals surface area contributed by atoms with Crippen LogP contribution in [0.5, 0.6) is 0 Å². The molecule has 0 saturated carbocycles. The van der Waals surface area contributed by atoms with E-state index in [4.69, 9.17) is 4.74 Å². The molecule has 1 aromatic heterocycles. The summed E-state index contributed by atoms with van der Waals surface area (Å²) in [5, 5.41) is 10.6. The van der Waals surface area contributed by atoms with Crippen LogP contribution in [0.2, 0.25) is 0 Å². The molecule has 2 aromatic rings. The standard InChI is InChI=1S/C18H23FN4O2.ClH/c1-25-12-14-9-13(4-5-16(14)19)10-21-18(24)17-6-8-23(22-17)15-3-2-7-20-11-15;/h4-6,8-9,15,20H,2-3,7,10-12H2,1H3,(H,21,24);1H. The fraction of sp³-hybridized carbons (Fsp3) is 0.444. The maximum atomic E-state index is 13.6. The third-order valence-corrected chi connectivity index (χ3v) is 4.35. The summed E-state index contributed by atoms with van der Waals surface area (Å²) in [5.74, 6) is -0.545. The zero-order chi connectivity index (χ0) is 17.6. The number of nitrogens with zero attached hydrogens (tertiary/aromatic N) is 2. The molecule has 0 spiro atoms. The smallest absolute Gasteiger partial charge is 0.272 e. The second kappa shape index (κ2) is 9.66. The largest absolute Gasteiger partial charge is 0.380 e. The number of carbonyl (C=O) groups is 1. The first kappa shape index (κ1) is 20.4. The molecule has 1 atom stereocenters. The maximum Gasteiger partial charge on any atom is 0.272 e. The van der Waals surface area contributed by atoms with E-state index in [1.54, 1.807) is 18.2 Å². The van der Waals surface area contributed by atoms with Crippen LogP contribution in [0.4, 0.5) is 4.39 Å². The van der Waals surface area contributed by atoms with Crippen molar-refractivity contribution in [3.05, 3.63) is 53.1 Å². The first-order valence-electron chi connectivity index (χ1n) is 8.47. The number of rotatable bonds is 6. The summed E-state index contributed by atoms with van der Waals surface area (Å²) in [6.07, 6.45) is 4.02. The van der Waals surface area contributed by atoms with Gasteiger partial charge in [-0.2, -0.15) is 5.10 Å². The molecule has 1 aliphatic heterocycles. The van der Waals surface area contributed by atoms with Crippen molar-refractivity contribution in [2.24, 2.45) is 0 Å². The van der Waals surface area contributed by atoms with Crippen LogP contribution in [0, 0.1) is 5.82 Å². The molecule has 0 radical (unpaired) electrons. The number of hydrogen-bond acceptors (Lipinski definition) is 4. The first-order chi connectivity index (χ1) is 12.2. The molecule has 0 bridgehead atoms. The second-order valence-electron chi connectivity index (χ2n) is 6.22. The van der Waals surface area contributed by atoms with Gasteiger partial charge in [-0.05, 0) is 43.1 Å². The number of carbonyl (C=O) groups excluding carboxylic acids is 1. The summed E-state index contributed by atoms with van der Waals surface area (Å²) in [6, 6.07) is 6.77. The number of methoxy groups -OCH3 is 1. The van der Waals surface area contributed by atoms with Gasteiger partial charge in [-0.15, -0.1) is 12.4 Å². The molecule has 2 heterocycles. The molecule has 142 valence electrons. The van der Waals surface area contributed by atoms with Crippen molar-refractivity contribution < 1.29 is 13.9 Å². The number of nitrogens with one attached hydrogen (secondary N) is 2. The van der Waals surface area contributed by atoms with E-state index in [-0.39, 0.29) is 30.7 Å². The highest BCUT2D eigenvalue weighted by Crippen LogP contribution is 2.16. The Labute approximate surface area is 158 Å². The predicted octanol–water partition coefficient (Wildman–Crippen LogP) is 2.44. The summed E-state index contributed by atoms with van der Waals surface area (Å²) >= 11 is 0. The minimum Gasteiger partial charge on any atom is -0.380 e. The van der Waals surface area contributed by atoms with Gasteiger partial charge in [0.25, 0.3) is 5.91 Å². The van der Waals surface area contributed by atoms with Crippen molar-refractivity contribution in [2.75, 3.05) is 20.2 Å². The lowest BCUT2D eigenvalue weighted by Crippen LogP contribution is -2.32. The van der Waals surface area contributed by atoms with Crippen LogP contribution in [0.15, 0.2) is 30.5 Å². The van der Waals surface area contributed by atoms with Crippen molar-refractivity contribution in [1.82, 2.24) is 20.4 Å². The van der Waals surface area contributed by atoms with Crippen molar-refractivity contribution >= 4 is 18.3 Å². The molecule has 2 N–H and O–H groups in total. The summed E-state index contributed by atoms with van der Waals surface area (Å²) in [6.45, 7) is 2.43. The Morgan fingerprint density at radius 3 is 3.04 bits per heavy atom. The van der Waals surface area contributed by atoms with E-state index in [1.807, 2.05) is 10.9 Å². The Morgan fingerprint density at radius 2 is 2.31 bits per heavy atom. The Bertz CT molecular complexity index is 732. The summed E-state index contributed by atoms with van der Waals surface area (Å²) in [4.78, 5) is 12.3. The zero-order valence-electron chi connectivity index (χ0n) is 14.7. The summed E-state index contributed by atoms with van der Waals surface area (Å²) in [7, 11) is 1.52. The van der Waals surface area contributed by atoms with Gasteiger partial charge in [-0.25, -0.2) is 4.39 Å². The van der Waals surface area contributed by atoms with Gasteiger partial charge in [-0.1, -0.05) is 6.07 Å². The molecule has 1 saturated heterocycles. The lowest BCUT2D eigenvalue weighted by molar-refractivity contribution is 0.0944. The number of ether oxygens (including phenoxy) is 1. The predicted molar refractivity (Wildman–Crippen MR) is 98.9 cm³/mol. The lowest BCUT2D eigenvalue weighted by atomic mass is 10.1. The van der Waals surface area contributed by atoms with Crippen LogP contribution in [0.1, 0.15) is 40.5 Å². The van der Waals surface area contributed by atoms with Crippen molar-refractivity contribution in [3.8, 4) is 0 Å². The molecular formula is C18H24ClFN4O2. The highest BCUT2D eigenvalue weighted by molar-refractivity contribution is 5.92. The van der Waals surface area contributed by atoms with E-state index in [0.717, 1.165) is 31.5 Å². The number of halogens is 2. The van der Waals surface area contributed by atoms with Gasteiger partial charge < -0.3 is 15.4 Å². The SMILES string of the molecule is COCc1cc(CNC(=O)c2ccn(C3CCCNC3)n2)ccc1F.Cl. The molecule has 6 nitrogen and oxygen atoms in total. The van der Waals surface area contributed by atoms with Crippen LogP contribution < -0.4 is 10.6 Å². The Kier molecular flexibility index (Phi) is 7.56. The van der Waals surface area contributed by atoms with Crippen LogP contribution in [0.3, 0.4) is 0 Å². The number of benzene rings is 1. The van der Waals surface area contributed by atoms with Crippen molar-refractivity contribution in [3.63, 3.8) is 0 Å². The first-order valence-corrected chi connectivity index (χ1v) is 8.47. The Morgan fingerprint density at radius 1 is 1.46 bits per heavy atom. The fourth-order valence-corrected chi connectivity index (χ4v) is 3.00. The van der Waals surface area contributed by atoms with E-state index in [0.29, 0.717) is 23.8 Å². The van der Waals surface area contributed by atoms with Crippen LogP contribution in [0.25, 0.3) is 0 Å². The average Bonchev–Trinajstić information content (AvgIpc) is 3.13. The minimum atomic E-state index is -0.309. The molecule has 1 aliphatic rings. The van der Waals surface area contributed by atoms with Gasteiger partial charge in [0.05, 0.1) is 12.6 Å². The molecular weight excluding hydrogens is 359 g/mol. The van der Waals surface area contributed by atoms with Gasteiger partial charge in [-0.3, -0.25) is 9.48 Å². The molecule has 1 aromatic carbocycles. The van der Waals surface area contributed by atoms with Crippen LogP contribution in [-0.4, -0.2) is 35.9 Å². The minimum absolute atomic E-state index is 0. The molecule has 3 rings (SSSR count). The van der Waals surface area contributed by atoms with E-state index in [2.05, 4.69) is 15.7 Å². The third kappa shape index (κ3) is 5.03. The van der Waals surface area contributed by atoms with E-state index < -0.39 is 0 Å². The maximum absolute atomic E-state index is 13.6. The normalized spacial score (nSPS) is 16.8. The molecule has 26 heavy (non-hydrogen) atoms. The van der Waals surface area contributed by atoms with E-state index >= 15 is 0 Å². The average molecular weight is 383 g/mol.